The van der Waals surface area contributed by atoms with Crippen LogP contribution in [0.5, 0.6) is 0 Å². The maximum absolute atomic E-state index is 13.2. The molecule has 0 aliphatic carbocycles. The van der Waals surface area contributed by atoms with E-state index in [1.165, 1.54) is 4.90 Å². The third kappa shape index (κ3) is 3.03. The van der Waals surface area contributed by atoms with Crippen molar-refractivity contribution in [2.24, 2.45) is 0 Å². The molecule has 5 nitrogen and oxygen atoms in total. The van der Waals surface area contributed by atoms with E-state index in [1.54, 1.807) is 41.3 Å². The number of nitrogens with one attached hydrogen (secondary N) is 1. The second-order valence-electron chi connectivity index (χ2n) is 7.08. The molecule has 1 amide bonds. The monoisotopic (exact) mass is 383 g/mol. The van der Waals surface area contributed by atoms with Crippen LogP contribution in [0.4, 0.5) is 0 Å². The zero-order valence-electron chi connectivity index (χ0n) is 15.2. The number of quaternary nitrogens is 1. The van der Waals surface area contributed by atoms with Gasteiger partial charge in [0.25, 0.3) is 5.91 Å². The van der Waals surface area contributed by atoms with Crippen molar-refractivity contribution in [1.82, 2.24) is 4.90 Å². The molecular weight excluding hydrogens is 364 g/mol. The lowest BCUT2D eigenvalue weighted by Gasteiger charge is -2.25. The van der Waals surface area contributed by atoms with Crippen molar-refractivity contribution in [3.8, 4) is 0 Å². The highest BCUT2D eigenvalue weighted by Crippen LogP contribution is 2.38. The van der Waals surface area contributed by atoms with Crippen LogP contribution in [-0.4, -0.2) is 38.0 Å². The lowest BCUT2D eigenvalue weighted by Crippen LogP contribution is -3.06. The van der Waals surface area contributed by atoms with Gasteiger partial charge in [-0.25, -0.2) is 0 Å². The van der Waals surface area contributed by atoms with Gasteiger partial charge >= 0.3 is 0 Å². The first kappa shape index (κ1) is 17.8. The van der Waals surface area contributed by atoms with Gasteiger partial charge in [-0.3, -0.25) is 9.59 Å². The summed E-state index contributed by atoms with van der Waals surface area (Å²) in [5.41, 5.74) is 1.48. The van der Waals surface area contributed by atoms with Gasteiger partial charge in [0.1, 0.15) is 5.58 Å². The molecule has 1 aliphatic rings. The molecule has 0 saturated heterocycles. The fourth-order valence-corrected chi connectivity index (χ4v) is 3.76. The number of para-hydroxylation sites is 1. The highest BCUT2D eigenvalue weighted by atomic mass is 35.5. The topological polar surface area (TPSA) is 55.0 Å². The summed E-state index contributed by atoms with van der Waals surface area (Å²) in [4.78, 5) is 29.3. The Morgan fingerprint density at radius 2 is 1.89 bits per heavy atom. The van der Waals surface area contributed by atoms with Crippen LogP contribution in [0.15, 0.2) is 57.7 Å². The van der Waals surface area contributed by atoms with Crippen LogP contribution >= 0.6 is 11.6 Å². The minimum Gasteiger partial charge on any atom is -0.450 e. The molecule has 3 aromatic rings. The standard InChI is InChI=1S/C21H19ClN2O3/c1-23(2)10-11-24-18(13-6-5-7-14(22)12-13)17-19(25)15-8-3-4-9-16(15)27-20(17)21(24)26/h3-9,12,18H,10-11H2,1-2H3/p+1/t18-/m0/s1. The molecule has 0 radical (unpaired) electrons. The largest absolute Gasteiger partial charge is 0.450 e. The van der Waals surface area contributed by atoms with Crippen molar-refractivity contribution < 1.29 is 14.1 Å². The van der Waals surface area contributed by atoms with E-state index in [1.807, 2.05) is 26.2 Å². The number of carbonyl (C=O) groups is 1. The molecule has 4 rings (SSSR count). The Balaban J connectivity index is 1.94. The number of rotatable bonds is 4. The average Bonchev–Trinajstić information content (AvgIpc) is 2.93. The van der Waals surface area contributed by atoms with Gasteiger partial charge in [0, 0.05) is 5.02 Å². The summed E-state index contributed by atoms with van der Waals surface area (Å²) in [5.74, 6) is -0.114. The second kappa shape index (κ2) is 6.83. The van der Waals surface area contributed by atoms with Gasteiger partial charge in [0.2, 0.25) is 5.76 Å². The molecule has 0 fully saturated rings. The molecule has 2 heterocycles. The van der Waals surface area contributed by atoms with E-state index in [9.17, 15) is 9.59 Å². The molecule has 0 bridgehead atoms. The van der Waals surface area contributed by atoms with Crippen LogP contribution in [0.3, 0.4) is 0 Å². The second-order valence-corrected chi connectivity index (χ2v) is 7.52. The predicted octanol–water partition coefficient (Wildman–Crippen LogP) is 2.14. The van der Waals surface area contributed by atoms with Gasteiger partial charge < -0.3 is 14.2 Å². The maximum Gasteiger partial charge on any atom is 0.291 e. The van der Waals surface area contributed by atoms with Crippen molar-refractivity contribution >= 4 is 28.5 Å². The first-order valence-electron chi connectivity index (χ1n) is 8.88. The Bertz CT molecular complexity index is 1090. The number of amides is 1. The summed E-state index contributed by atoms with van der Waals surface area (Å²) in [6.45, 7) is 1.27. The number of halogens is 1. The summed E-state index contributed by atoms with van der Waals surface area (Å²) < 4.78 is 5.89. The number of benzene rings is 2. The van der Waals surface area contributed by atoms with Crippen LogP contribution in [0, 0.1) is 0 Å². The molecule has 1 atom stereocenters. The van der Waals surface area contributed by atoms with Crippen LogP contribution < -0.4 is 10.3 Å². The van der Waals surface area contributed by atoms with Crippen molar-refractivity contribution in [2.75, 3.05) is 27.2 Å². The minimum absolute atomic E-state index is 0.137. The summed E-state index contributed by atoms with van der Waals surface area (Å²) in [7, 11) is 4.06. The van der Waals surface area contributed by atoms with Crippen LogP contribution in [0.1, 0.15) is 27.7 Å². The van der Waals surface area contributed by atoms with Crippen molar-refractivity contribution in [3.05, 3.63) is 80.7 Å². The van der Waals surface area contributed by atoms with Crippen molar-refractivity contribution in [1.29, 1.82) is 0 Å². The van der Waals surface area contributed by atoms with E-state index in [2.05, 4.69) is 0 Å². The molecular formula is C21H20ClN2O3+. The van der Waals surface area contributed by atoms with E-state index >= 15 is 0 Å². The Morgan fingerprint density at radius 3 is 2.63 bits per heavy atom. The Morgan fingerprint density at radius 1 is 1.11 bits per heavy atom. The zero-order chi connectivity index (χ0) is 19.1. The number of nitrogens with zero attached hydrogens (tertiary/aromatic N) is 1. The number of likely N-dealkylation sites (N-methyl/N-ethyl adjacent to an activating group) is 1. The highest BCUT2D eigenvalue weighted by molar-refractivity contribution is 6.30. The van der Waals surface area contributed by atoms with Crippen LogP contribution in [0.2, 0.25) is 5.02 Å². The van der Waals surface area contributed by atoms with Gasteiger partial charge in [-0.15, -0.1) is 0 Å². The first-order valence-corrected chi connectivity index (χ1v) is 9.26. The smallest absolute Gasteiger partial charge is 0.291 e. The number of hydrogen-bond donors (Lipinski definition) is 1. The SMILES string of the molecule is C[NH+](C)CCN1C(=O)c2oc3ccccc3c(=O)c2[C@@H]1c1cccc(Cl)c1. The summed E-state index contributed by atoms with van der Waals surface area (Å²) in [6, 6.07) is 13.8. The van der Waals surface area contributed by atoms with E-state index in [0.717, 1.165) is 12.1 Å². The Labute approximate surface area is 161 Å². The highest BCUT2D eigenvalue weighted by Gasteiger charge is 2.42. The van der Waals surface area contributed by atoms with E-state index in [0.29, 0.717) is 28.1 Å². The summed E-state index contributed by atoms with van der Waals surface area (Å²) in [6.07, 6.45) is 0. The summed E-state index contributed by atoms with van der Waals surface area (Å²) in [5, 5.41) is 1.05. The predicted molar refractivity (Wildman–Crippen MR) is 104 cm³/mol. The third-order valence-corrected chi connectivity index (χ3v) is 5.13. The molecule has 138 valence electrons. The van der Waals surface area contributed by atoms with Crippen LogP contribution in [0.25, 0.3) is 11.0 Å². The lowest BCUT2D eigenvalue weighted by atomic mass is 9.98. The van der Waals surface area contributed by atoms with Gasteiger partial charge in [-0.2, -0.15) is 0 Å². The first-order chi connectivity index (χ1) is 13.0. The fourth-order valence-electron chi connectivity index (χ4n) is 3.57. The molecule has 0 saturated carbocycles. The molecule has 2 aromatic carbocycles. The molecule has 1 aromatic heterocycles. The van der Waals surface area contributed by atoms with Crippen LogP contribution in [-0.2, 0) is 0 Å². The van der Waals surface area contributed by atoms with Gasteiger partial charge in [-0.1, -0.05) is 35.9 Å². The quantitative estimate of drug-likeness (QED) is 0.751. The Hall–Kier alpha value is -2.63. The minimum atomic E-state index is -0.494. The van der Waals surface area contributed by atoms with Gasteiger partial charge in [0.15, 0.2) is 5.43 Å². The zero-order valence-corrected chi connectivity index (χ0v) is 15.9. The Kier molecular flexibility index (Phi) is 4.50. The molecule has 27 heavy (non-hydrogen) atoms. The normalized spacial score (nSPS) is 16.4. The average molecular weight is 384 g/mol. The molecule has 6 heteroatoms. The van der Waals surface area contributed by atoms with Crippen molar-refractivity contribution in [2.45, 2.75) is 6.04 Å². The molecule has 1 N–H and O–H groups in total. The number of fused-ring (bicyclic) bond motifs is 2. The van der Waals surface area contributed by atoms with E-state index in [4.69, 9.17) is 16.0 Å². The molecule has 0 spiro atoms. The molecule has 1 aliphatic heterocycles. The molecule has 0 unspecified atom stereocenters. The van der Waals surface area contributed by atoms with Gasteiger partial charge in [0.05, 0.1) is 44.2 Å². The van der Waals surface area contributed by atoms with E-state index < -0.39 is 6.04 Å². The maximum atomic E-state index is 13.2. The number of carbonyl (C=O) groups excluding carboxylic acids is 1. The van der Waals surface area contributed by atoms with Gasteiger partial charge in [-0.05, 0) is 29.8 Å². The lowest BCUT2D eigenvalue weighted by molar-refractivity contribution is -0.857. The number of hydrogen-bond acceptors (Lipinski definition) is 3. The third-order valence-electron chi connectivity index (χ3n) is 4.89. The van der Waals surface area contributed by atoms with E-state index in [-0.39, 0.29) is 17.1 Å². The fraction of sp³-hybridized carbons (Fsp3) is 0.238. The van der Waals surface area contributed by atoms with Crippen molar-refractivity contribution in [3.63, 3.8) is 0 Å². The summed E-state index contributed by atoms with van der Waals surface area (Å²) >= 11 is 6.19.